The summed E-state index contributed by atoms with van der Waals surface area (Å²) in [7, 11) is 1.75. The van der Waals surface area contributed by atoms with E-state index in [2.05, 4.69) is 19.2 Å². The molecule has 3 N–H and O–H groups in total. The Balaban J connectivity index is 2.09. The summed E-state index contributed by atoms with van der Waals surface area (Å²) in [6.07, 6.45) is 1.73. The van der Waals surface area contributed by atoms with E-state index in [1.54, 1.807) is 36.2 Å². The summed E-state index contributed by atoms with van der Waals surface area (Å²) < 4.78 is 0. The summed E-state index contributed by atoms with van der Waals surface area (Å²) in [6.45, 7) is 4.60. The summed E-state index contributed by atoms with van der Waals surface area (Å²) >= 11 is 0. The van der Waals surface area contributed by atoms with E-state index < -0.39 is 5.91 Å². The molecule has 2 aromatic carbocycles. The fourth-order valence-electron chi connectivity index (χ4n) is 2.73. The second-order valence-electron chi connectivity index (χ2n) is 6.01. The maximum absolute atomic E-state index is 12.6. The van der Waals surface area contributed by atoms with E-state index in [4.69, 9.17) is 5.73 Å². The van der Waals surface area contributed by atoms with E-state index in [9.17, 15) is 9.59 Å². The molecule has 0 saturated carbocycles. The molecule has 0 fully saturated rings. The highest BCUT2D eigenvalue weighted by Crippen LogP contribution is 2.23. The van der Waals surface area contributed by atoms with Gasteiger partial charge >= 0.3 is 6.03 Å². The van der Waals surface area contributed by atoms with Gasteiger partial charge in [-0.2, -0.15) is 0 Å². The molecule has 0 unspecified atom stereocenters. The molecule has 0 aliphatic carbocycles. The van der Waals surface area contributed by atoms with Crippen molar-refractivity contribution in [3.63, 3.8) is 0 Å². The molecule has 2 rings (SSSR count). The number of benzene rings is 2. The number of anilines is 1. The lowest BCUT2D eigenvalue weighted by Gasteiger charge is -2.21. The molecule has 0 bridgehead atoms. The first kappa shape index (κ1) is 18.5. The van der Waals surface area contributed by atoms with Crippen LogP contribution in [0.3, 0.4) is 0 Å². The van der Waals surface area contributed by atoms with Crippen molar-refractivity contribution >= 4 is 17.6 Å². The summed E-state index contributed by atoms with van der Waals surface area (Å²) in [4.78, 5) is 25.3. The molecule has 0 spiro atoms. The SMILES string of the molecule is CCc1cccc(CC)c1NC(=O)N(C)Cc1ccc(C(N)=O)cc1. The van der Waals surface area contributed by atoms with Crippen molar-refractivity contribution < 1.29 is 9.59 Å². The first-order valence-corrected chi connectivity index (χ1v) is 8.47. The van der Waals surface area contributed by atoms with Gasteiger partial charge in [-0.15, -0.1) is 0 Å². The van der Waals surface area contributed by atoms with Gasteiger partial charge < -0.3 is 16.0 Å². The van der Waals surface area contributed by atoms with Crippen LogP contribution in [0.2, 0.25) is 0 Å². The van der Waals surface area contributed by atoms with Crippen LogP contribution in [0.1, 0.15) is 40.9 Å². The van der Waals surface area contributed by atoms with Crippen LogP contribution in [-0.4, -0.2) is 23.9 Å². The van der Waals surface area contributed by atoms with Crippen LogP contribution in [-0.2, 0) is 19.4 Å². The number of urea groups is 1. The Morgan fingerprint density at radius 2 is 1.56 bits per heavy atom. The van der Waals surface area contributed by atoms with Gasteiger partial charge in [-0.05, 0) is 41.7 Å². The van der Waals surface area contributed by atoms with E-state index in [-0.39, 0.29) is 6.03 Å². The number of nitrogens with one attached hydrogen (secondary N) is 1. The highest BCUT2D eigenvalue weighted by molar-refractivity contribution is 5.93. The van der Waals surface area contributed by atoms with Gasteiger partial charge in [-0.1, -0.05) is 44.2 Å². The van der Waals surface area contributed by atoms with E-state index in [0.29, 0.717) is 12.1 Å². The topological polar surface area (TPSA) is 75.4 Å². The van der Waals surface area contributed by atoms with Crippen LogP contribution in [0.15, 0.2) is 42.5 Å². The van der Waals surface area contributed by atoms with Crippen LogP contribution in [0.4, 0.5) is 10.5 Å². The summed E-state index contributed by atoms with van der Waals surface area (Å²) in [5.74, 6) is -0.457. The van der Waals surface area contributed by atoms with Gasteiger partial charge in [0.25, 0.3) is 0 Å². The lowest BCUT2D eigenvalue weighted by molar-refractivity contribution is 0.1000. The Bertz CT molecular complexity index is 732. The first-order chi connectivity index (χ1) is 12.0. The maximum atomic E-state index is 12.6. The molecular formula is C20H25N3O2. The standard InChI is InChI=1S/C20H25N3O2/c1-4-15-7-6-8-16(5-2)18(15)22-20(25)23(3)13-14-9-11-17(12-10-14)19(21)24/h6-12H,4-5,13H2,1-3H3,(H2,21,24)(H,22,25). The summed E-state index contributed by atoms with van der Waals surface area (Å²) in [6, 6.07) is 12.9. The predicted molar refractivity (Wildman–Crippen MR) is 101 cm³/mol. The number of amides is 3. The van der Waals surface area contributed by atoms with Gasteiger partial charge in [-0.25, -0.2) is 4.79 Å². The monoisotopic (exact) mass is 339 g/mol. The average Bonchev–Trinajstić information content (AvgIpc) is 2.62. The minimum Gasteiger partial charge on any atom is -0.366 e. The molecule has 3 amide bonds. The van der Waals surface area contributed by atoms with Crippen molar-refractivity contribution in [2.24, 2.45) is 5.73 Å². The Morgan fingerprint density at radius 3 is 2.04 bits per heavy atom. The normalized spacial score (nSPS) is 10.4. The van der Waals surface area contributed by atoms with Crippen molar-refractivity contribution in [3.8, 4) is 0 Å². The van der Waals surface area contributed by atoms with E-state index in [1.165, 1.54) is 0 Å². The highest BCUT2D eigenvalue weighted by atomic mass is 16.2. The van der Waals surface area contributed by atoms with Crippen LogP contribution in [0.5, 0.6) is 0 Å². The average molecular weight is 339 g/mol. The third-order valence-corrected chi connectivity index (χ3v) is 4.24. The van der Waals surface area contributed by atoms with Gasteiger partial charge in [0.15, 0.2) is 0 Å². The predicted octanol–water partition coefficient (Wildman–Crippen LogP) is 3.57. The zero-order valence-electron chi connectivity index (χ0n) is 15.0. The number of primary amides is 1. The van der Waals surface area contributed by atoms with Crippen LogP contribution in [0, 0.1) is 0 Å². The number of nitrogens with two attached hydrogens (primary N) is 1. The molecule has 2 aromatic rings. The third-order valence-electron chi connectivity index (χ3n) is 4.24. The van der Waals surface area contributed by atoms with Crippen molar-refractivity contribution in [2.75, 3.05) is 12.4 Å². The van der Waals surface area contributed by atoms with Crippen molar-refractivity contribution in [1.82, 2.24) is 4.90 Å². The molecule has 0 saturated heterocycles. The molecule has 0 aliphatic heterocycles. The summed E-state index contributed by atoms with van der Waals surface area (Å²) in [5, 5.41) is 3.04. The molecule has 0 atom stereocenters. The van der Waals surface area contributed by atoms with Crippen LogP contribution in [0.25, 0.3) is 0 Å². The number of para-hydroxylation sites is 1. The van der Waals surface area contributed by atoms with Crippen molar-refractivity contribution in [2.45, 2.75) is 33.2 Å². The first-order valence-electron chi connectivity index (χ1n) is 8.47. The molecule has 5 nitrogen and oxygen atoms in total. The molecule has 0 aliphatic rings. The van der Waals surface area contributed by atoms with Gasteiger partial charge in [0.2, 0.25) is 5.91 Å². The van der Waals surface area contributed by atoms with E-state index in [1.807, 2.05) is 18.2 Å². The summed E-state index contributed by atoms with van der Waals surface area (Å²) in [5.41, 5.74) is 9.80. The number of hydrogen-bond acceptors (Lipinski definition) is 2. The number of hydrogen-bond donors (Lipinski definition) is 2. The van der Waals surface area contributed by atoms with Gasteiger partial charge in [0.1, 0.15) is 0 Å². The minimum absolute atomic E-state index is 0.158. The lowest BCUT2D eigenvalue weighted by atomic mass is 10.0. The highest BCUT2D eigenvalue weighted by Gasteiger charge is 2.14. The number of aryl methyl sites for hydroxylation is 2. The maximum Gasteiger partial charge on any atom is 0.321 e. The Labute approximate surface area is 148 Å². The number of carbonyl (C=O) groups excluding carboxylic acids is 2. The van der Waals surface area contributed by atoms with Crippen LogP contribution < -0.4 is 11.1 Å². The second-order valence-corrected chi connectivity index (χ2v) is 6.01. The van der Waals surface area contributed by atoms with Crippen LogP contribution >= 0.6 is 0 Å². The number of carbonyl (C=O) groups is 2. The second kappa shape index (κ2) is 8.33. The molecule has 5 heteroatoms. The number of nitrogens with zero attached hydrogens (tertiary/aromatic N) is 1. The van der Waals surface area contributed by atoms with Gasteiger partial charge in [0.05, 0.1) is 0 Å². The van der Waals surface area contributed by atoms with Gasteiger partial charge in [0, 0.05) is 24.8 Å². The molecule has 132 valence electrons. The molecule has 0 heterocycles. The zero-order valence-corrected chi connectivity index (χ0v) is 15.0. The third kappa shape index (κ3) is 4.59. The molecule has 0 aromatic heterocycles. The zero-order chi connectivity index (χ0) is 18.4. The Hall–Kier alpha value is -2.82. The molecule has 25 heavy (non-hydrogen) atoms. The largest absolute Gasteiger partial charge is 0.366 e. The minimum atomic E-state index is -0.457. The Morgan fingerprint density at radius 1 is 1.00 bits per heavy atom. The van der Waals surface area contributed by atoms with Crippen molar-refractivity contribution in [1.29, 1.82) is 0 Å². The fraction of sp³-hybridized carbons (Fsp3) is 0.300. The van der Waals surface area contributed by atoms with Gasteiger partial charge in [-0.3, -0.25) is 4.79 Å². The molecular weight excluding hydrogens is 314 g/mol. The van der Waals surface area contributed by atoms with Crippen molar-refractivity contribution in [3.05, 3.63) is 64.7 Å². The molecule has 0 radical (unpaired) electrons. The number of rotatable bonds is 6. The van der Waals surface area contributed by atoms with E-state index >= 15 is 0 Å². The van der Waals surface area contributed by atoms with E-state index in [0.717, 1.165) is 35.2 Å². The Kier molecular flexibility index (Phi) is 6.17. The smallest absolute Gasteiger partial charge is 0.321 e. The quantitative estimate of drug-likeness (QED) is 0.844. The lowest BCUT2D eigenvalue weighted by Crippen LogP contribution is -2.31. The fourth-order valence-corrected chi connectivity index (χ4v) is 2.73.